The number of rotatable bonds is 6. The van der Waals surface area contributed by atoms with Crippen LogP contribution in [0.3, 0.4) is 0 Å². The predicted molar refractivity (Wildman–Crippen MR) is 134 cm³/mol. The molecule has 1 saturated heterocycles. The molecule has 1 aliphatic rings. The molecule has 0 atom stereocenters. The number of hydrogen-bond acceptors (Lipinski definition) is 7. The molecule has 1 aromatic carbocycles. The number of aromatic amines is 2. The van der Waals surface area contributed by atoms with E-state index >= 15 is 0 Å². The zero-order chi connectivity index (χ0) is 24.6. The van der Waals surface area contributed by atoms with Gasteiger partial charge in [0.05, 0.1) is 22.9 Å². The van der Waals surface area contributed by atoms with Crippen molar-refractivity contribution in [1.82, 2.24) is 29.5 Å². The number of hydrogen-bond donors (Lipinski definition) is 3. The van der Waals surface area contributed by atoms with Gasteiger partial charge in [0.25, 0.3) is 5.91 Å². The maximum absolute atomic E-state index is 12.7. The second kappa shape index (κ2) is 9.12. The van der Waals surface area contributed by atoms with Gasteiger partial charge in [-0.3, -0.25) is 9.89 Å². The fourth-order valence-corrected chi connectivity index (χ4v) is 4.97. The van der Waals surface area contributed by atoms with Crippen LogP contribution in [0, 0.1) is 0 Å². The Labute approximate surface area is 202 Å². The quantitative estimate of drug-likeness (QED) is 0.374. The van der Waals surface area contributed by atoms with Crippen molar-refractivity contribution in [3.8, 4) is 11.5 Å². The van der Waals surface area contributed by atoms with E-state index in [4.69, 9.17) is 0 Å². The minimum absolute atomic E-state index is 0.00962. The average Bonchev–Trinajstić information content (AvgIpc) is 3.50. The zero-order valence-electron chi connectivity index (χ0n) is 19.4. The molecule has 5 rings (SSSR count). The van der Waals surface area contributed by atoms with Crippen LogP contribution in [0.2, 0.25) is 0 Å². The normalized spacial score (nSPS) is 15.1. The summed E-state index contributed by atoms with van der Waals surface area (Å²) in [4.78, 5) is 27.0. The van der Waals surface area contributed by atoms with E-state index in [1.165, 1.54) is 16.8 Å². The third-order valence-electron chi connectivity index (χ3n) is 6.30. The van der Waals surface area contributed by atoms with Gasteiger partial charge < -0.3 is 15.2 Å². The number of amides is 1. The number of nitrogens with zero attached hydrogens (tertiary/aromatic N) is 5. The van der Waals surface area contributed by atoms with E-state index in [1.54, 1.807) is 25.2 Å². The first-order valence-corrected chi connectivity index (χ1v) is 13.1. The van der Waals surface area contributed by atoms with Crippen molar-refractivity contribution in [2.24, 2.45) is 0 Å². The van der Waals surface area contributed by atoms with Crippen molar-refractivity contribution in [3.63, 3.8) is 0 Å². The number of piperidine rings is 1. The lowest BCUT2D eigenvalue weighted by Crippen LogP contribution is -2.45. The first-order chi connectivity index (χ1) is 16.8. The highest BCUT2D eigenvalue weighted by Crippen LogP contribution is 2.23. The van der Waals surface area contributed by atoms with Crippen molar-refractivity contribution in [1.29, 1.82) is 0 Å². The molecule has 1 fully saturated rings. The van der Waals surface area contributed by atoms with Gasteiger partial charge in [0, 0.05) is 38.4 Å². The maximum Gasteiger partial charge on any atom is 0.258 e. The number of carbonyl (C=O) groups excluding carboxylic acids is 1. The smallest absolute Gasteiger partial charge is 0.258 e. The molecule has 0 aliphatic carbocycles. The van der Waals surface area contributed by atoms with E-state index in [1.807, 2.05) is 24.3 Å². The standard InChI is InChI=1S/C23H26N8O3S/c1-30(35(2,33)34)16-9-11-31(12-10-16)21-8-7-15(14-24-21)23(32)27-20-13-19(28-29-20)22-25-17-5-3-4-6-18(17)26-22/h3-8,13-14,16H,9-12H2,1-2H3,(H,25,26)(H2,27,28,29,32). The van der Waals surface area contributed by atoms with Crippen LogP contribution < -0.4 is 10.2 Å². The van der Waals surface area contributed by atoms with Crippen LogP contribution in [-0.4, -0.2) is 76.2 Å². The Morgan fingerprint density at radius 3 is 2.63 bits per heavy atom. The number of fused-ring (bicyclic) bond motifs is 1. The van der Waals surface area contributed by atoms with Gasteiger partial charge in [-0.25, -0.2) is 22.7 Å². The third kappa shape index (κ3) is 4.88. The molecule has 12 heteroatoms. The SMILES string of the molecule is CN(C1CCN(c2ccc(C(=O)Nc3cc(-c4nc5ccccc5[nH]4)[nH]n3)cn2)CC1)S(C)(=O)=O. The van der Waals surface area contributed by atoms with Crippen molar-refractivity contribution < 1.29 is 13.2 Å². The lowest BCUT2D eigenvalue weighted by Gasteiger charge is -2.36. The van der Waals surface area contributed by atoms with Crippen LogP contribution in [0.15, 0.2) is 48.7 Å². The summed E-state index contributed by atoms with van der Waals surface area (Å²) >= 11 is 0. The van der Waals surface area contributed by atoms with Gasteiger partial charge in [0.1, 0.15) is 11.5 Å². The third-order valence-corrected chi connectivity index (χ3v) is 7.64. The van der Waals surface area contributed by atoms with Crippen LogP contribution in [0.1, 0.15) is 23.2 Å². The number of H-pyrrole nitrogens is 2. The Morgan fingerprint density at radius 1 is 1.17 bits per heavy atom. The molecular formula is C23H26N8O3S. The van der Waals surface area contributed by atoms with Gasteiger partial charge >= 0.3 is 0 Å². The van der Waals surface area contributed by atoms with E-state index in [9.17, 15) is 13.2 Å². The Bertz CT molecular complexity index is 1420. The number of para-hydroxylation sites is 2. The van der Waals surface area contributed by atoms with E-state index in [2.05, 4.69) is 35.4 Å². The van der Waals surface area contributed by atoms with Gasteiger partial charge in [0.15, 0.2) is 11.6 Å². The lowest BCUT2D eigenvalue weighted by atomic mass is 10.1. The number of benzene rings is 1. The number of carbonyl (C=O) groups is 1. The molecule has 0 spiro atoms. The van der Waals surface area contributed by atoms with Gasteiger partial charge in [-0.05, 0) is 37.1 Å². The van der Waals surface area contributed by atoms with Crippen LogP contribution in [0.5, 0.6) is 0 Å². The first-order valence-electron chi connectivity index (χ1n) is 11.2. The van der Waals surface area contributed by atoms with Crippen LogP contribution >= 0.6 is 0 Å². The Balaban J connectivity index is 1.20. The highest BCUT2D eigenvalue weighted by molar-refractivity contribution is 7.88. The van der Waals surface area contributed by atoms with Gasteiger partial charge in [-0.2, -0.15) is 5.10 Å². The molecule has 0 unspecified atom stereocenters. The number of nitrogens with one attached hydrogen (secondary N) is 3. The summed E-state index contributed by atoms with van der Waals surface area (Å²) in [6, 6.07) is 12.9. The fourth-order valence-electron chi connectivity index (χ4n) is 4.21. The Kier molecular flexibility index (Phi) is 5.99. The van der Waals surface area contributed by atoms with Crippen LogP contribution in [0.4, 0.5) is 11.6 Å². The predicted octanol–water partition coefficient (Wildman–Crippen LogP) is 2.46. The van der Waals surface area contributed by atoms with Gasteiger partial charge in [0.2, 0.25) is 10.0 Å². The van der Waals surface area contributed by atoms with Crippen molar-refractivity contribution >= 4 is 38.6 Å². The number of sulfonamides is 1. The number of imidazole rings is 1. The molecule has 0 radical (unpaired) electrons. The van der Waals surface area contributed by atoms with Crippen molar-refractivity contribution in [3.05, 3.63) is 54.2 Å². The Hall–Kier alpha value is -3.77. The molecule has 4 heterocycles. The van der Waals surface area contributed by atoms with Gasteiger partial charge in [-0.1, -0.05) is 12.1 Å². The molecule has 3 aromatic heterocycles. The summed E-state index contributed by atoms with van der Waals surface area (Å²) in [5.74, 6) is 1.46. The number of pyridine rings is 1. The summed E-state index contributed by atoms with van der Waals surface area (Å²) < 4.78 is 25.0. The largest absolute Gasteiger partial charge is 0.357 e. The zero-order valence-corrected chi connectivity index (χ0v) is 20.2. The molecule has 182 valence electrons. The Morgan fingerprint density at radius 2 is 1.94 bits per heavy atom. The summed E-state index contributed by atoms with van der Waals surface area (Å²) in [5.41, 5.74) is 2.84. The summed E-state index contributed by atoms with van der Waals surface area (Å²) in [6.45, 7) is 1.39. The monoisotopic (exact) mass is 494 g/mol. The highest BCUT2D eigenvalue weighted by Gasteiger charge is 2.27. The molecule has 1 aliphatic heterocycles. The van der Waals surface area contributed by atoms with Crippen molar-refractivity contribution in [2.45, 2.75) is 18.9 Å². The minimum Gasteiger partial charge on any atom is -0.357 e. The number of aromatic nitrogens is 5. The molecule has 1 amide bonds. The molecular weight excluding hydrogens is 468 g/mol. The molecule has 0 bridgehead atoms. The summed E-state index contributed by atoms with van der Waals surface area (Å²) in [6.07, 6.45) is 4.21. The average molecular weight is 495 g/mol. The summed E-state index contributed by atoms with van der Waals surface area (Å²) in [7, 11) is -1.58. The van der Waals surface area contributed by atoms with E-state index in [0.717, 1.165) is 29.7 Å². The second-order valence-corrected chi connectivity index (χ2v) is 10.7. The fraction of sp³-hybridized carbons (Fsp3) is 0.304. The van der Waals surface area contributed by atoms with Crippen LogP contribution in [-0.2, 0) is 10.0 Å². The second-order valence-electron chi connectivity index (χ2n) is 8.63. The number of anilines is 2. The lowest BCUT2D eigenvalue weighted by molar-refractivity contribution is 0.102. The molecule has 4 aromatic rings. The molecule has 3 N–H and O–H groups in total. The topological polar surface area (TPSA) is 140 Å². The maximum atomic E-state index is 12.7. The van der Waals surface area contributed by atoms with Crippen LogP contribution in [0.25, 0.3) is 22.6 Å². The van der Waals surface area contributed by atoms with Crippen molar-refractivity contribution in [2.75, 3.05) is 36.6 Å². The van der Waals surface area contributed by atoms with E-state index in [-0.39, 0.29) is 11.9 Å². The molecule has 35 heavy (non-hydrogen) atoms. The first kappa shape index (κ1) is 23.0. The van der Waals surface area contributed by atoms with Gasteiger partial charge in [-0.15, -0.1) is 0 Å². The molecule has 11 nitrogen and oxygen atoms in total. The molecule has 0 saturated carbocycles. The summed E-state index contributed by atoms with van der Waals surface area (Å²) in [5, 5.41) is 9.83. The van der Waals surface area contributed by atoms with E-state index in [0.29, 0.717) is 36.0 Å². The highest BCUT2D eigenvalue weighted by atomic mass is 32.2. The minimum atomic E-state index is -3.20. The van der Waals surface area contributed by atoms with E-state index < -0.39 is 10.0 Å².